The number of ether oxygens (including phenoxy) is 3. The number of unbranched alkanes of at least 4 members (excludes halogenated alkanes) is 1. The Balaban J connectivity index is 2.39. The Kier molecular flexibility index (Phi) is 8.65. The summed E-state index contributed by atoms with van der Waals surface area (Å²) in [6.45, 7) is 5.37. The summed E-state index contributed by atoms with van der Waals surface area (Å²) in [7, 11) is 3.28. The van der Waals surface area contributed by atoms with Crippen molar-refractivity contribution in [3.63, 3.8) is 0 Å². The van der Waals surface area contributed by atoms with Gasteiger partial charge in [0.2, 0.25) is 0 Å². The van der Waals surface area contributed by atoms with Crippen LogP contribution in [0.2, 0.25) is 0 Å². The van der Waals surface area contributed by atoms with Crippen LogP contribution in [0.25, 0.3) is 0 Å². The summed E-state index contributed by atoms with van der Waals surface area (Å²) < 4.78 is 17.0. The molecule has 1 aromatic rings. The van der Waals surface area contributed by atoms with Crippen molar-refractivity contribution in [3.8, 4) is 11.5 Å². The first-order valence-electron chi connectivity index (χ1n) is 6.91. The van der Waals surface area contributed by atoms with Crippen LogP contribution in [0.15, 0.2) is 16.6 Å². The quantitative estimate of drug-likeness (QED) is 0.660. The summed E-state index contributed by atoms with van der Waals surface area (Å²) in [4.78, 5) is 0. The molecule has 0 saturated heterocycles. The topological polar surface area (TPSA) is 39.7 Å². The lowest BCUT2D eigenvalue weighted by molar-refractivity contribution is 0.133. The molecule has 20 heavy (non-hydrogen) atoms. The minimum Gasteiger partial charge on any atom is -0.493 e. The van der Waals surface area contributed by atoms with Crippen molar-refractivity contribution in [3.05, 3.63) is 22.2 Å². The van der Waals surface area contributed by atoms with Crippen molar-refractivity contribution >= 4 is 15.9 Å². The molecule has 1 rings (SSSR count). The number of hydrogen-bond acceptors (Lipinski definition) is 4. The van der Waals surface area contributed by atoms with Gasteiger partial charge in [0.05, 0.1) is 25.3 Å². The van der Waals surface area contributed by atoms with Crippen LogP contribution in [0.5, 0.6) is 11.5 Å². The van der Waals surface area contributed by atoms with Crippen LogP contribution < -0.4 is 14.8 Å². The van der Waals surface area contributed by atoms with Crippen LogP contribution in [0.1, 0.15) is 25.3 Å². The van der Waals surface area contributed by atoms with E-state index in [0.29, 0.717) is 0 Å². The lowest BCUT2D eigenvalue weighted by Crippen LogP contribution is -2.19. The van der Waals surface area contributed by atoms with E-state index in [1.54, 1.807) is 14.2 Å². The molecular formula is C15H24BrNO3. The molecule has 0 atom stereocenters. The van der Waals surface area contributed by atoms with E-state index in [0.717, 1.165) is 54.3 Å². The average molecular weight is 346 g/mol. The molecule has 0 unspecified atom stereocenters. The molecule has 0 aliphatic rings. The Bertz CT molecular complexity index is 399. The van der Waals surface area contributed by atoms with Crippen LogP contribution in [0.3, 0.4) is 0 Å². The molecule has 1 N–H and O–H groups in total. The smallest absolute Gasteiger partial charge is 0.174 e. The van der Waals surface area contributed by atoms with Gasteiger partial charge in [-0.15, -0.1) is 0 Å². The van der Waals surface area contributed by atoms with Crippen LogP contribution in [0, 0.1) is 0 Å². The largest absolute Gasteiger partial charge is 0.493 e. The predicted octanol–water partition coefficient (Wildman–Crippen LogP) is 3.37. The molecule has 0 saturated carbocycles. The molecule has 0 radical (unpaired) electrons. The van der Waals surface area contributed by atoms with Crippen LogP contribution in [0.4, 0.5) is 0 Å². The molecule has 1 aromatic carbocycles. The fourth-order valence-electron chi connectivity index (χ4n) is 1.80. The average Bonchev–Trinajstić information content (AvgIpc) is 2.45. The second-order valence-electron chi connectivity index (χ2n) is 4.46. The van der Waals surface area contributed by atoms with E-state index in [9.17, 15) is 0 Å². The molecule has 0 heterocycles. The second kappa shape index (κ2) is 10.0. The monoisotopic (exact) mass is 345 g/mol. The molecular weight excluding hydrogens is 322 g/mol. The fourth-order valence-corrected chi connectivity index (χ4v) is 2.45. The first kappa shape index (κ1) is 17.3. The Morgan fingerprint density at radius 2 is 1.95 bits per heavy atom. The maximum atomic E-state index is 5.50. The Morgan fingerprint density at radius 3 is 2.60 bits per heavy atom. The molecule has 114 valence electrons. The Morgan fingerprint density at radius 1 is 1.15 bits per heavy atom. The van der Waals surface area contributed by atoms with E-state index in [4.69, 9.17) is 14.2 Å². The Hall–Kier alpha value is -0.780. The summed E-state index contributed by atoms with van der Waals surface area (Å²) in [5.74, 6) is 1.46. The summed E-state index contributed by atoms with van der Waals surface area (Å²) >= 11 is 3.49. The standard InChI is InChI=1S/C15H24BrNO3/c1-4-5-7-20-8-6-17-11-12-9-13(16)15(19-3)14(10-12)18-2/h9-10,17H,4-8,11H2,1-3H3. The number of methoxy groups -OCH3 is 2. The minimum atomic E-state index is 0.721. The van der Waals surface area contributed by atoms with Gasteiger partial charge in [0.15, 0.2) is 11.5 Å². The third kappa shape index (κ3) is 5.69. The number of halogens is 1. The van der Waals surface area contributed by atoms with Crippen molar-refractivity contribution in [2.45, 2.75) is 26.3 Å². The molecule has 0 aliphatic heterocycles. The van der Waals surface area contributed by atoms with E-state index in [1.165, 1.54) is 6.42 Å². The summed E-state index contributed by atoms with van der Waals surface area (Å²) in [6, 6.07) is 4.01. The molecule has 0 bridgehead atoms. The predicted molar refractivity (Wildman–Crippen MR) is 84.7 cm³/mol. The van der Waals surface area contributed by atoms with Gasteiger partial charge in [0, 0.05) is 19.7 Å². The van der Waals surface area contributed by atoms with E-state index >= 15 is 0 Å². The van der Waals surface area contributed by atoms with Crippen molar-refractivity contribution in [2.24, 2.45) is 0 Å². The van der Waals surface area contributed by atoms with Crippen LogP contribution in [-0.4, -0.2) is 34.0 Å². The van der Waals surface area contributed by atoms with Gasteiger partial charge in [-0.1, -0.05) is 13.3 Å². The lowest BCUT2D eigenvalue weighted by Gasteiger charge is -2.12. The number of benzene rings is 1. The first-order valence-corrected chi connectivity index (χ1v) is 7.71. The highest BCUT2D eigenvalue weighted by atomic mass is 79.9. The molecule has 0 aromatic heterocycles. The van der Waals surface area contributed by atoms with Crippen molar-refractivity contribution in [1.82, 2.24) is 5.32 Å². The molecule has 0 spiro atoms. The van der Waals surface area contributed by atoms with E-state index in [-0.39, 0.29) is 0 Å². The van der Waals surface area contributed by atoms with E-state index in [1.807, 2.05) is 12.1 Å². The zero-order valence-corrected chi connectivity index (χ0v) is 14.1. The van der Waals surface area contributed by atoms with Gasteiger partial charge in [-0.2, -0.15) is 0 Å². The zero-order valence-electron chi connectivity index (χ0n) is 12.5. The van der Waals surface area contributed by atoms with Gasteiger partial charge < -0.3 is 19.5 Å². The van der Waals surface area contributed by atoms with E-state index in [2.05, 4.69) is 28.2 Å². The second-order valence-corrected chi connectivity index (χ2v) is 5.31. The van der Waals surface area contributed by atoms with Gasteiger partial charge in [-0.05, 0) is 40.0 Å². The van der Waals surface area contributed by atoms with Crippen molar-refractivity contribution in [1.29, 1.82) is 0 Å². The van der Waals surface area contributed by atoms with Crippen molar-refractivity contribution < 1.29 is 14.2 Å². The van der Waals surface area contributed by atoms with Gasteiger partial charge in [0.1, 0.15) is 0 Å². The van der Waals surface area contributed by atoms with Crippen molar-refractivity contribution in [2.75, 3.05) is 34.0 Å². The third-order valence-corrected chi connectivity index (χ3v) is 3.48. The molecule has 4 nitrogen and oxygen atoms in total. The zero-order chi connectivity index (χ0) is 14.8. The minimum absolute atomic E-state index is 0.721. The fraction of sp³-hybridized carbons (Fsp3) is 0.600. The third-order valence-electron chi connectivity index (χ3n) is 2.89. The summed E-state index contributed by atoms with van der Waals surface area (Å²) in [6.07, 6.45) is 2.30. The molecule has 5 heteroatoms. The SMILES string of the molecule is CCCCOCCNCc1cc(Br)c(OC)c(OC)c1. The highest BCUT2D eigenvalue weighted by Crippen LogP contribution is 2.36. The van der Waals surface area contributed by atoms with E-state index < -0.39 is 0 Å². The summed E-state index contributed by atoms with van der Waals surface area (Å²) in [5.41, 5.74) is 1.14. The van der Waals surface area contributed by atoms with Gasteiger partial charge >= 0.3 is 0 Å². The number of nitrogens with one attached hydrogen (secondary N) is 1. The summed E-state index contributed by atoms with van der Waals surface area (Å²) in [5, 5.41) is 3.35. The van der Waals surface area contributed by atoms with Gasteiger partial charge in [0.25, 0.3) is 0 Å². The van der Waals surface area contributed by atoms with Gasteiger partial charge in [-0.25, -0.2) is 0 Å². The normalized spacial score (nSPS) is 10.6. The van der Waals surface area contributed by atoms with Gasteiger partial charge in [-0.3, -0.25) is 0 Å². The van der Waals surface area contributed by atoms with Crippen LogP contribution in [-0.2, 0) is 11.3 Å². The Labute approximate surface area is 129 Å². The highest BCUT2D eigenvalue weighted by molar-refractivity contribution is 9.10. The first-order chi connectivity index (χ1) is 9.72. The number of hydrogen-bond donors (Lipinski definition) is 1. The molecule has 0 amide bonds. The lowest BCUT2D eigenvalue weighted by atomic mass is 10.2. The maximum Gasteiger partial charge on any atom is 0.174 e. The molecule has 0 aliphatic carbocycles. The van der Waals surface area contributed by atoms with Crippen LogP contribution >= 0.6 is 15.9 Å². The molecule has 0 fully saturated rings. The number of rotatable bonds is 10. The highest BCUT2D eigenvalue weighted by Gasteiger charge is 2.10. The maximum absolute atomic E-state index is 5.50.